The van der Waals surface area contributed by atoms with E-state index in [4.69, 9.17) is 21.1 Å². The maximum absolute atomic E-state index is 10.4. The van der Waals surface area contributed by atoms with E-state index in [0.29, 0.717) is 28.5 Å². The van der Waals surface area contributed by atoms with Gasteiger partial charge in [0.25, 0.3) is 0 Å². The Morgan fingerprint density at radius 2 is 2.33 bits per heavy atom. The van der Waals surface area contributed by atoms with Crippen molar-refractivity contribution in [2.75, 3.05) is 6.79 Å². The molecule has 1 atom stereocenters. The molecule has 108 valence electrons. The summed E-state index contributed by atoms with van der Waals surface area (Å²) in [6.45, 7) is 0.159. The quantitative estimate of drug-likeness (QED) is 0.805. The lowest BCUT2D eigenvalue weighted by Gasteiger charge is -2.11. The van der Waals surface area contributed by atoms with Gasteiger partial charge >= 0.3 is 0 Å². The average Bonchev–Trinajstić information content (AvgIpc) is 3.12. The van der Waals surface area contributed by atoms with E-state index in [9.17, 15) is 5.11 Å². The van der Waals surface area contributed by atoms with Crippen molar-refractivity contribution in [1.82, 2.24) is 9.38 Å². The van der Waals surface area contributed by atoms with Crippen LogP contribution in [0.2, 0.25) is 5.02 Å². The second kappa shape index (κ2) is 4.91. The van der Waals surface area contributed by atoms with E-state index in [0.717, 1.165) is 10.7 Å². The van der Waals surface area contributed by atoms with Crippen LogP contribution in [-0.2, 0) is 6.42 Å². The molecule has 0 saturated heterocycles. The molecule has 4 rings (SSSR count). The monoisotopic (exact) mass is 322 g/mol. The predicted molar refractivity (Wildman–Crippen MR) is 79.3 cm³/mol. The summed E-state index contributed by atoms with van der Waals surface area (Å²) in [5.74, 6) is 1.11. The number of imidazole rings is 1. The highest BCUT2D eigenvalue weighted by atomic mass is 35.5. The number of aliphatic hydroxyl groups excluding tert-OH is 1. The van der Waals surface area contributed by atoms with Crippen molar-refractivity contribution in [3.63, 3.8) is 0 Å². The van der Waals surface area contributed by atoms with Gasteiger partial charge in [0, 0.05) is 24.2 Å². The fourth-order valence-electron chi connectivity index (χ4n) is 2.37. The predicted octanol–water partition coefficient (Wildman–Crippen LogP) is 3.05. The smallest absolute Gasteiger partial charge is 0.231 e. The van der Waals surface area contributed by atoms with E-state index in [-0.39, 0.29) is 6.79 Å². The molecule has 1 aliphatic rings. The van der Waals surface area contributed by atoms with Gasteiger partial charge < -0.3 is 14.6 Å². The van der Waals surface area contributed by atoms with Crippen LogP contribution in [0.4, 0.5) is 0 Å². The SMILES string of the molecule is OC(Cc1cn2ccsc2n1)c1cc(Cl)c2c(c1)OCO2. The standard InChI is InChI=1S/C14H11ClN2O3S/c15-10-3-8(4-12-13(10)20-7-19-12)11(18)5-9-6-17-1-2-21-14(17)16-9/h1-4,6,11,18H,5,7H2. The first-order valence-corrected chi connectivity index (χ1v) is 7.64. The van der Waals surface area contributed by atoms with E-state index in [1.807, 2.05) is 22.2 Å². The zero-order chi connectivity index (χ0) is 14.4. The molecule has 0 spiro atoms. The summed E-state index contributed by atoms with van der Waals surface area (Å²) in [6, 6.07) is 3.47. The number of thiazole rings is 1. The lowest BCUT2D eigenvalue weighted by Crippen LogP contribution is -2.02. The summed E-state index contributed by atoms with van der Waals surface area (Å²) in [5, 5.41) is 12.8. The Morgan fingerprint density at radius 3 is 3.19 bits per heavy atom. The molecule has 3 heterocycles. The zero-order valence-corrected chi connectivity index (χ0v) is 12.4. The summed E-state index contributed by atoms with van der Waals surface area (Å²) in [4.78, 5) is 5.38. The van der Waals surface area contributed by atoms with Crippen molar-refractivity contribution in [2.45, 2.75) is 12.5 Å². The molecule has 0 fully saturated rings. The number of fused-ring (bicyclic) bond motifs is 2. The van der Waals surface area contributed by atoms with Crippen molar-refractivity contribution in [3.8, 4) is 11.5 Å². The first-order chi connectivity index (χ1) is 10.2. The highest BCUT2D eigenvalue weighted by Crippen LogP contribution is 2.41. The molecule has 1 aromatic carbocycles. The van der Waals surface area contributed by atoms with Crippen molar-refractivity contribution >= 4 is 27.9 Å². The van der Waals surface area contributed by atoms with Gasteiger partial charge in [-0.2, -0.15) is 0 Å². The molecule has 0 aliphatic carbocycles. The second-order valence-corrected chi connectivity index (χ2v) is 6.06. The molecule has 0 bridgehead atoms. The largest absolute Gasteiger partial charge is 0.454 e. The van der Waals surface area contributed by atoms with Gasteiger partial charge in [-0.1, -0.05) is 11.6 Å². The van der Waals surface area contributed by atoms with Gasteiger partial charge in [0.15, 0.2) is 16.5 Å². The molecular formula is C14H11ClN2O3S. The van der Waals surface area contributed by atoms with E-state index >= 15 is 0 Å². The number of rotatable bonds is 3. The topological polar surface area (TPSA) is 56.0 Å². The third-order valence-electron chi connectivity index (χ3n) is 3.38. The minimum Gasteiger partial charge on any atom is -0.454 e. The number of hydrogen-bond donors (Lipinski definition) is 1. The Labute approximate surface area is 129 Å². The molecule has 1 N–H and O–H groups in total. The second-order valence-electron chi connectivity index (χ2n) is 4.78. The molecule has 0 radical (unpaired) electrons. The zero-order valence-electron chi connectivity index (χ0n) is 10.8. The summed E-state index contributed by atoms with van der Waals surface area (Å²) in [5.41, 5.74) is 1.53. The normalized spacial score (nSPS) is 14.8. The third kappa shape index (κ3) is 2.25. The number of ether oxygens (including phenoxy) is 2. The summed E-state index contributed by atoms with van der Waals surface area (Å²) < 4.78 is 12.5. The highest BCUT2D eigenvalue weighted by molar-refractivity contribution is 7.15. The van der Waals surface area contributed by atoms with Gasteiger partial charge in [0.1, 0.15) is 0 Å². The maximum Gasteiger partial charge on any atom is 0.231 e. The minimum atomic E-state index is -0.693. The van der Waals surface area contributed by atoms with Crippen LogP contribution >= 0.6 is 22.9 Å². The number of aliphatic hydroxyl groups is 1. The molecule has 0 saturated carbocycles. The van der Waals surface area contributed by atoms with Gasteiger partial charge in [-0.05, 0) is 17.7 Å². The maximum atomic E-state index is 10.4. The molecule has 21 heavy (non-hydrogen) atoms. The van der Waals surface area contributed by atoms with E-state index in [1.54, 1.807) is 23.5 Å². The van der Waals surface area contributed by atoms with Gasteiger partial charge in [0.05, 0.1) is 16.8 Å². The van der Waals surface area contributed by atoms with Crippen molar-refractivity contribution in [2.24, 2.45) is 0 Å². The van der Waals surface area contributed by atoms with E-state index in [2.05, 4.69) is 4.98 Å². The molecule has 5 nitrogen and oxygen atoms in total. The van der Waals surface area contributed by atoms with Gasteiger partial charge in [0.2, 0.25) is 6.79 Å². The van der Waals surface area contributed by atoms with Gasteiger partial charge in [-0.25, -0.2) is 4.98 Å². The van der Waals surface area contributed by atoms with Crippen molar-refractivity contribution in [1.29, 1.82) is 0 Å². The van der Waals surface area contributed by atoms with Crippen LogP contribution in [-0.4, -0.2) is 21.3 Å². The summed E-state index contributed by atoms with van der Waals surface area (Å²) >= 11 is 7.70. The Bertz CT molecular complexity index is 785. The van der Waals surface area contributed by atoms with Crippen LogP contribution in [0, 0.1) is 0 Å². The molecule has 1 unspecified atom stereocenters. The number of nitrogens with zero attached hydrogens (tertiary/aromatic N) is 2. The first kappa shape index (κ1) is 12.9. The number of aromatic nitrogens is 2. The van der Waals surface area contributed by atoms with Crippen LogP contribution in [0.3, 0.4) is 0 Å². The molecule has 2 aromatic heterocycles. The average molecular weight is 323 g/mol. The van der Waals surface area contributed by atoms with E-state index in [1.165, 1.54) is 0 Å². The molecule has 3 aromatic rings. The van der Waals surface area contributed by atoms with Crippen molar-refractivity contribution in [3.05, 3.63) is 46.2 Å². The molecule has 7 heteroatoms. The molecule has 1 aliphatic heterocycles. The van der Waals surface area contributed by atoms with Gasteiger partial charge in [-0.15, -0.1) is 11.3 Å². The van der Waals surface area contributed by atoms with Crippen LogP contribution < -0.4 is 9.47 Å². The van der Waals surface area contributed by atoms with Crippen LogP contribution in [0.1, 0.15) is 17.4 Å². The number of hydrogen-bond acceptors (Lipinski definition) is 5. The van der Waals surface area contributed by atoms with Crippen LogP contribution in [0.25, 0.3) is 4.96 Å². The van der Waals surface area contributed by atoms with Crippen LogP contribution in [0.15, 0.2) is 29.9 Å². The third-order valence-corrected chi connectivity index (χ3v) is 4.43. The highest BCUT2D eigenvalue weighted by Gasteiger charge is 2.21. The van der Waals surface area contributed by atoms with Crippen molar-refractivity contribution < 1.29 is 14.6 Å². The molecular weight excluding hydrogens is 312 g/mol. The lowest BCUT2D eigenvalue weighted by atomic mass is 10.0. The minimum absolute atomic E-state index is 0.159. The number of benzene rings is 1. The lowest BCUT2D eigenvalue weighted by molar-refractivity contribution is 0.171. The summed E-state index contributed by atoms with van der Waals surface area (Å²) in [6.07, 6.45) is 3.59. The fourth-order valence-corrected chi connectivity index (χ4v) is 3.36. The Hall–Kier alpha value is -1.76. The summed E-state index contributed by atoms with van der Waals surface area (Å²) in [7, 11) is 0. The van der Waals surface area contributed by atoms with E-state index < -0.39 is 6.10 Å². The fraction of sp³-hybridized carbons (Fsp3) is 0.214. The van der Waals surface area contributed by atoms with Gasteiger partial charge in [-0.3, -0.25) is 4.40 Å². The molecule has 0 amide bonds. The van der Waals surface area contributed by atoms with Crippen LogP contribution in [0.5, 0.6) is 11.5 Å². The first-order valence-electron chi connectivity index (χ1n) is 6.39. The Morgan fingerprint density at radius 1 is 1.43 bits per heavy atom. The Balaban J connectivity index is 1.61. The number of halogens is 1. The Kier molecular flexibility index (Phi) is 3.02.